The molecule has 1 amide bonds. The topological polar surface area (TPSA) is 42.0 Å². The van der Waals surface area contributed by atoms with E-state index < -0.39 is 0 Å². The van der Waals surface area contributed by atoms with E-state index in [1.54, 1.807) is 11.3 Å². The molecule has 0 bridgehead atoms. The Labute approximate surface area is 133 Å². The standard InChI is InChI=1S/C18H16N2OS/c21-17(19-15-9-5-2-6-10-15)12-16-13-22-18(20-16)11-14-7-3-1-4-8-14/h1-10,13H,11-12H2,(H,19,21). The van der Waals surface area contributed by atoms with Crippen LogP contribution in [0.2, 0.25) is 0 Å². The Kier molecular flexibility index (Phi) is 4.61. The predicted molar refractivity (Wildman–Crippen MR) is 90.1 cm³/mol. The third-order valence-electron chi connectivity index (χ3n) is 3.20. The third-order valence-corrected chi connectivity index (χ3v) is 4.09. The molecule has 1 aromatic heterocycles. The molecule has 0 saturated heterocycles. The molecule has 0 aliphatic heterocycles. The van der Waals surface area contributed by atoms with Crippen LogP contribution in [0.5, 0.6) is 0 Å². The van der Waals surface area contributed by atoms with E-state index in [1.807, 2.05) is 53.9 Å². The van der Waals surface area contributed by atoms with Gasteiger partial charge in [-0.3, -0.25) is 4.79 Å². The fourth-order valence-electron chi connectivity index (χ4n) is 2.17. The molecule has 3 rings (SSSR count). The first kappa shape index (κ1) is 14.5. The average molecular weight is 308 g/mol. The zero-order valence-electron chi connectivity index (χ0n) is 12.0. The van der Waals surface area contributed by atoms with Crippen molar-refractivity contribution in [1.29, 1.82) is 0 Å². The molecule has 22 heavy (non-hydrogen) atoms. The van der Waals surface area contributed by atoms with Crippen molar-refractivity contribution in [3.05, 3.63) is 82.3 Å². The number of hydrogen-bond acceptors (Lipinski definition) is 3. The summed E-state index contributed by atoms with van der Waals surface area (Å²) in [5, 5.41) is 5.87. The van der Waals surface area contributed by atoms with Crippen LogP contribution < -0.4 is 5.32 Å². The lowest BCUT2D eigenvalue weighted by molar-refractivity contribution is -0.115. The number of carbonyl (C=O) groups is 1. The molecule has 0 aliphatic rings. The number of para-hydroxylation sites is 1. The maximum atomic E-state index is 12.0. The van der Waals surface area contributed by atoms with Gasteiger partial charge in [-0.2, -0.15) is 0 Å². The minimum atomic E-state index is -0.0391. The molecule has 0 fully saturated rings. The Morgan fingerprint density at radius 2 is 1.68 bits per heavy atom. The van der Waals surface area contributed by atoms with E-state index in [0.717, 1.165) is 22.8 Å². The van der Waals surface area contributed by atoms with Gasteiger partial charge in [0.1, 0.15) is 0 Å². The molecule has 2 aromatic carbocycles. The van der Waals surface area contributed by atoms with E-state index in [0.29, 0.717) is 6.42 Å². The number of rotatable bonds is 5. The lowest BCUT2D eigenvalue weighted by atomic mass is 10.2. The lowest BCUT2D eigenvalue weighted by Gasteiger charge is -2.03. The number of hydrogen-bond donors (Lipinski definition) is 1. The van der Waals surface area contributed by atoms with Gasteiger partial charge < -0.3 is 5.32 Å². The first-order valence-electron chi connectivity index (χ1n) is 7.12. The highest BCUT2D eigenvalue weighted by molar-refractivity contribution is 7.09. The van der Waals surface area contributed by atoms with Crippen molar-refractivity contribution in [2.45, 2.75) is 12.8 Å². The zero-order chi connectivity index (χ0) is 15.2. The van der Waals surface area contributed by atoms with Crippen molar-refractivity contribution in [3.63, 3.8) is 0 Å². The van der Waals surface area contributed by atoms with Crippen LogP contribution in [-0.4, -0.2) is 10.9 Å². The van der Waals surface area contributed by atoms with E-state index in [9.17, 15) is 4.79 Å². The maximum Gasteiger partial charge on any atom is 0.230 e. The summed E-state index contributed by atoms with van der Waals surface area (Å²) in [6, 6.07) is 19.7. The van der Waals surface area contributed by atoms with E-state index in [1.165, 1.54) is 5.56 Å². The van der Waals surface area contributed by atoms with Gasteiger partial charge in [0.25, 0.3) is 0 Å². The van der Waals surface area contributed by atoms with Gasteiger partial charge in [-0.25, -0.2) is 4.98 Å². The molecule has 110 valence electrons. The third kappa shape index (κ3) is 4.02. The van der Waals surface area contributed by atoms with Crippen molar-refractivity contribution >= 4 is 22.9 Å². The highest BCUT2D eigenvalue weighted by Crippen LogP contribution is 2.15. The zero-order valence-corrected chi connectivity index (χ0v) is 12.8. The molecule has 0 aliphatic carbocycles. The Hall–Kier alpha value is -2.46. The molecular weight excluding hydrogens is 292 g/mol. The second-order valence-electron chi connectivity index (χ2n) is 4.99. The van der Waals surface area contributed by atoms with Crippen LogP contribution in [0.25, 0.3) is 0 Å². The highest BCUT2D eigenvalue weighted by Gasteiger charge is 2.08. The second kappa shape index (κ2) is 7.00. The lowest BCUT2D eigenvalue weighted by Crippen LogP contribution is -2.14. The monoisotopic (exact) mass is 308 g/mol. The highest BCUT2D eigenvalue weighted by atomic mass is 32.1. The quantitative estimate of drug-likeness (QED) is 0.776. The second-order valence-corrected chi connectivity index (χ2v) is 5.93. The van der Waals surface area contributed by atoms with Gasteiger partial charge in [0.2, 0.25) is 5.91 Å². The SMILES string of the molecule is O=C(Cc1csc(Cc2ccccc2)n1)Nc1ccccc1. The van der Waals surface area contributed by atoms with E-state index in [2.05, 4.69) is 22.4 Å². The summed E-state index contributed by atoms with van der Waals surface area (Å²) < 4.78 is 0. The molecular formula is C18H16N2OS. The number of benzene rings is 2. The molecule has 0 spiro atoms. The first-order chi connectivity index (χ1) is 10.8. The van der Waals surface area contributed by atoms with Crippen molar-refractivity contribution in [3.8, 4) is 0 Å². The minimum Gasteiger partial charge on any atom is -0.326 e. The van der Waals surface area contributed by atoms with Crippen molar-refractivity contribution in [1.82, 2.24) is 4.98 Å². The number of thiazole rings is 1. The molecule has 0 saturated carbocycles. The number of nitrogens with one attached hydrogen (secondary N) is 1. The molecule has 3 aromatic rings. The normalized spacial score (nSPS) is 10.4. The molecule has 1 heterocycles. The molecule has 3 nitrogen and oxygen atoms in total. The number of carbonyl (C=O) groups excluding carboxylic acids is 1. The van der Waals surface area contributed by atoms with Crippen LogP contribution >= 0.6 is 11.3 Å². The summed E-state index contributed by atoms with van der Waals surface area (Å²) in [6.45, 7) is 0. The Morgan fingerprint density at radius 3 is 2.41 bits per heavy atom. The van der Waals surface area contributed by atoms with Crippen LogP contribution in [0.3, 0.4) is 0 Å². The van der Waals surface area contributed by atoms with Gasteiger partial charge in [-0.1, -0.05) is 48.5 Å². The predicted octanol–water partition coefficient (Wildman–Crippen LogP) is 3.92. The largest absolute Gasteiger partial charge is 0.326 e. The van der Waals surface area contributed by atoms with Crippen LogP contribution in [0.4, 0.5) is 5.69 Å². The summed E-state index contributed by atoms with van der Waals surface area (Å²) in [5.41, 5.74) is 2.87. The summed E-state index contributed by atoms with van der Waals surface area (Å²) in [4.78, 5) is 16.5. The smallest absolute Gasteiger partial charge is 0.230 e. The summed E-state index contributed by atoms with van der Waals surface area (Å²) in [6.07, 6.45) is 1.12. The summed E-state index contributed by atoms with van der Waals surface area (Å²) in [7, 11) is 0. The van der Waals surface area contributed by atoms with Crippen molar-refractivity contribution in [2.24, 2.45) is 0 Å². The minimum absolute atomic E-state index is 0.0391. The maximum absolute atomic E-state index is 12.0. The van der Waals surface area contributed by atoms with Crippen LogP contribution in [-0.2, 0) is 17.6 Å². The van der Waals surface area contributed by atoms with Gasteiger partial charge in [0.15, 0.2) is 0 Å². The van der Waals surface area contributed by atoms with E-state index >= 15 is 0 Å². The van der Waals surface area contributed by atoms with Crippen molar-refractivity contribution < 1.29 is 4.79 Å². The van der Waals surface area contributed by atoms with Crippen LogP contribution in [0, 0.1) is 0 Å². The van der Waals surface area contributed by atoms with Gasteiger partial charge in [-0.05, 0) is 17.7 Å². The van der Waals surface area contributed by atoms with E-state index in [4.69, 9.17) is 0 Å². The van der Waals surface area contributed by atoms with Crippen LogP contribution in [0.1, 0.15) is 16.3 Å². The summed E-state index contributed by atoms with van der Waals surface area (Å²) >= 11 is 1.60. The molecule has 1 N–H and O–H groups in total. The molecule has 0 unspecified atom stereocenters. The number of anilines is 1. The van der Waals surface area contributed by atoms with Gasteiger partial charge in [0, 0.05) is 17.5 Å². The summed E-state index contributed by atoms with van der Waals surface area (Å²) in [5.74, 6) is -0.0391. The fraction of sp³-hybridized carbons (Fsp3) is 0.111. The number of amides is 1. The average Bonchev–Trinajstić information content (AvgIpc) is 2.96. The fourth-order valence-corrected chi connectivity index (χ4v) is 3.00. The van der Waals surface area contributed by atoms with Crippen molar-refractivity contribution in [2.75, 3.05) is 5.32 Å². The van der Waals surface area contributed by atoms with Gasteiger partial charge in [-0.15, -0.1) is 11.3 Å². The Bertz CT molecular complexity index is 738. The molecule has 0 atom stereocenters. The Balaban J connectivity index is 1.58. The molecule has 4 heteroatoms. The number of aromatic nitrogens is 1. The van der Waals surface area contributed by atoms with E-state index in [-0.39, 0.29) is 5.91 Å². The van der Waals surface area contributed by atoms with Crippen LogP contribution in [0.15, 0.2) is 66.0 Å². The first-order valence-corrected chi connectivity index (χ1v) is 8.00. The number of nitrogens with zero attached hydrogens (tertiary/aromatic N) is 1. The molecule has 0 radical (unpaired) electrons. The van der Waals surface area contributed by atoms with Gasteiger partial charge >= 0.3 is 0 Å². The van der Waals surface area contributed by atoms with Gasteiger partial charge in [0.05, 0.1) is 17.1 Å². The Morgan fingerprint density at radius 1 is 1.00 bits per heavy atom.